The summed E-state index contributed by atoms with van der Waals surface area (Å²) in [6.07, 6.45) is 2.13. The first-order valence-electron chi connectivity index (χ1n) is 7.99. The van der Waals surface area contributed by atoms with Crippen LogP contribution in [0.4, 0.5) is 11.4 Å². The van der Waals surface area contributed by atoms with Crippen molar-refractivity contribution in [3.05, 3.63) is 42.0 Å². The predicted molar refractivity (Wildman–Crippen MR) is 102 cm³/mol. The highest BCUT2D eigenvalue weighted by atomic mass is 32.2. The fourth-order valence-electron chi connectivity index (χ4n) is 2.84. The maximum Gasteiger partial charge on any atom is 0.229 e. The standard InChI is InChI=1S/C18H19N3O4S/c1-11-8-17(22)20-16-5-3-4-14(18(16)25-11)12-6-7-15(13(9-12)10-19)21-26(2,23)24/h3-7,9-11,19,21H,8H2,1-2H3,(H,20,22)/t11-/m1/s1. The number of rotatable bonds is 4. The molecule has 0 aromatic heterocycles. The van der Waals surface area contributed by atoms with Gasteiger partial charge in [0.1, 0.15) is 6.10 Å². The van der Waals surface area contributed by atoms with E-state index in [4.69, 9.17) is 10.1 Å². The van der Waals surface area contributed by atoms with Crippen LogP contribution in [-0.4, -0.2) is 32.9 Å². The van der Waals surface area contributed by atoms with E-state index in [-0.39, 0.29) is 18.4 Å². The van der Waals surface area contributed by atoms with E-state index >= 15 is 0 Å². The van der Waals surface area contributed by atoms with Gasteiger partial charge in [0.15, 0.2) is 5.75 Å². The Morgan fingerprint density at radius 3 is 2.77 bits per heavy atom. The normalized spacial score (nSPS) is 16.7. The van der Waals surface area contributed by atoms with Crippen LogP contribution >= 0.6 is 0 Å². The molecule has 0 fully saturated rings. The predicted octanol–water partition coefficient (Wildman–Crippen LogP) is 2.83. The molecule has 1 heterocycles. The van der Waals surface area contributed by atoms with Gasteiger partial charge in [-0.25, -0.2) is 8.42 Å². The van der Waals surface area contributed by atoms with Crippen LogP contribution in [0.15, 0.2) is 36.4 Å². The first-order valence-corrected chi connectivity index (χ1v) is 9.88. The van der Waals surface area contributed by atoms with E-state index < -0.39 is 10.0 Å². The summed E-state index contributed by atoms with van der Waals surface area (Å²) in [7, 11) is -3.45. The van der Waals surface area contributed by atoms with Crippen LogP contribution in [-0.2, 0) is 14.8 Å². The molecule has 1 aliphatic rings. The van der Waals surface area contributed by atoms with Crippen molar-refractivity contribution in [1.29, 1.82) is 5.41 Å². The lowest BCUT2D eigenvalue weighted by atomic mass is 10.0. The highest BCUT2D eigenvalue weighted by Crippen LogP contribution is 2.39. The van der Waals surface area contributed by atoms with E-state index in [9.17, 15) is 13.2 Å². The summed E-state index contributed by atoms with van der Waals surface area (Å²) in [5.74, 6) is 0.451. The van der Waals surface area contributed by atoms with E-state index in [0.29, 0.717) is 22.7 Å². The van der Waals surface area contributed by atoms with Crippen LogP contribution in [0.25, 0.3) is 11.1 Å². The molecule has 3 rings (SSSR count). The lowest BCUT2D eigenvalue weighted by molar-refractivity contribution is -0.117. The van der Waals surface area contributed by atoms with E-state index in [1.165, 1.54) is 0 Å². The molecule has 0 unspecified atom stereocenters. The maximum atomic E-state index is 11.9. The second-order valence-electron chi connectivity index (χ2n) is 6.18. The number of amides is 1. The Balaban J connectivity index is 2.09. The molecule has 0 spiro atoms. The van der Waals surface area contributed by atoms with E-state index in [1.807, 2.05) is 13.0 Å². The highest BCUT2D eigenvalue weighted by Gasteiger charge is 2.22. The number of carbonyl (C=O) groups is 1. The number of anilines is 2. The van der Waals surface area contributed by atoms with Gasteiger partial charge in [-0.15, -0.1) is 0 Å². The molecule has 0 aliphatic carbocycles. The molecule has 3 N–H and O–H groups in total. The number of hydrogen-bond donors (Lipinski definition) is 3. The molecule has 26 heavy (non-hydrogen) atoms. The number of sulfonamides is 1. The van der Waals surface area contributed by atoms with Gasteiger partial charge in [0, 0.05) is 17.3 Å². The molecular formula is C18H19N3O4S. The molecule has 0 saturated carbocycles. The second kappa shape index (κ2) is 6.80. The Morgan fingerprint density at radius 1 is 1.31 bits per heavy atom. The van der Waals surface area contributed by atoms with Crippen molar-refractivity contribution >= 4 is 33.5 Å². The fraction of sp³-hybridized carbons (Fsp3) is 0.222. The Hall–Kier alpha value is -2.87. The molecule has 1 atom stereocenters. The molecule has 0 bridgehead atoms. The number of hydrogen-bond acceptors (Lipinski definition) is 5. The quantitative estimate of drug-likeness (QED) is 0.716. The van der Waals surface area contributed by atoms with Crippen LogP contribution in [0, 0.1) is 5.41 Å². The van der Waals surface area contributed by atoms with E-state index in [1.54, 1.807) is 30.3 Å². The minimum atomic E-state index is -3.45. The van der Waals surface area contributed by atoms with Gasteiger partial charge in [-0.2, -0.15) is 0 Å². The summed E-state index contributed by atoms with van der Waals surface area (Å²) in [5, 5.41) is 10.4. The Bertz CT molecular complexity index is 986. The summed E-state index contributed by atoms with van der Waals surface area (Å²) >= 11 is 0. The Labute approximate surface area is 151 Å². The third kappa shape index (κ3) is 3.85. The molecule has 1 amide bonds. The zero-order chi connectivity index (χ0) is 18.9. The summed E-state index contributed by atoms with van der Waals surface area (Å²) in [6.45, 7) is 1.83. The van der Waals surface area contributed by atoms with Crippen LogP contribution in [0.2, 0.25) is 0 Å². The van der Waals surface area contributed by atoms with Crippen molar-refractivity contribution in [2.24, 2.45) is 0 Å². The Kier molecular flexibility index (Phi) is 4.69. The van der Waals surface area contributed by atoms with Crippen molar-refractivity contribution in [2.45, 2.75) is 19.4 Å². The van der Waals surface area contributed by atoms with Crippen molar-refractivity contribution in [2.75, 3.05) is 16.3 Å². The van der Waals surface area contributed by atoms with Crippen LogP contribution < -0.4 is 14.8 Å². The van der Waals surface area contributed by atoms with Crippen molar-refractivity contribution in [3.63, 3.8) is 0 Å². The summed E-state index contributed by atoms with van der Waals surface area (Å²) < 4.78 is 31.3. The molecule has 0 saturated heterocycles. The van der Waals surface area contributed by atoms with Crippen LogP contribution in [0.3, 0.4) is 0 Å². The molecule has 2 aromatic carbocycles. The summed E-state index contributed by atoms with van der Waals surface area (Å²) in [5.41, 5.74) is 2.85. The van der Waals surface area contributed by atoms with Crippen LogP contribution in [0.1, 0.15) is 18.9 Å². The van der Waals surface area contributed by atoms with Gasteiger partial charge in [-0.1, -0.05) is 18.2 Å². The average Bonchev–Trinajstić information content (AvgIpc) is 2.69. The first-order chi connectivity index (χ1) is 12.3. The van der Waals surface area contributed by atoms with Crippen molar-refractivity contribution in [3.8, 4) is 16.9 Å². The van der Waals surface area contributed by atoms with Gasteiger partial charge in [0.05, 0.1) is 24.1 Å². The van der Waals surface area contributed by atoms with Gasteiger partial charge in [0.2, 0.25) is 15.9 Å². The molecule has 8 heteroatoms. The summed E-state index contributed by atoms with van der Waals surface area (Å²) in [6, 6.07) is 10.5. The Morgan fingerprint density at radius 2 is 2.08 bits per heavy atom. The largest absolute Gasteiger partial charge is 0.487 e. The van der Waals surface area contributed by atoms with E-state index in [2.05, 4.69) is 10.0 Å². The topological polar surface area (TPSA) is 108 Å². The number of benzene rings is 2. The SMILES string of the molecule is C[C@@H]1CC(=O)Nc2cccc(-c3ccc(NS(C)(=O)=O)c(C=N)c3)c2O1. The molecular weight excluding hydrogens is 354 g/mol. The molecule has 7 nitrogen and oxygen atoms in total. The van der Waals surface area contributed by atoms with Gasteiger partial charge >= 0.3 is 0 Å². The number of para-hydroxylation sites is 1. The van der Waals surface area contributed by atoms with Crippen molar-refractivity contribution in [1.82, 2.24) is 0 Å². The third-order valence-corrected chi connectivity index (χ3v) is 4.49. The molecule has 2 aromatic rings. The monoisotopic (exact) mass is 373 g/mol. The zero-order valence-electron chi connectivity index (χ0n) is 14.4. The summed E-state index contributed by atoms with van der Waals surface area (Å²) in [4.78, 5) is 11.9. The average molecular weight is 373 g/mol. The highest BCUT2D eigenvalue weighted by molar-refractivity contribution is 7.92. The molecule has 1 aliphatic heterocycles. The number of fused-ring (bicyclic) bond motifs is 1. The lowest BCUT2D eigenvalue weighted by Gasteiger charge is -2.17. The van der Waals surface area contributed by atoms with E-state index in [0.717, 1.165) is 23.6 Å². The van der Waals surface area contributed by atoms with Crippen LogP contribution in [0.5, 0.6) is 5.75 Å². The first kappa shape index (κ1) is 17.9. The smallest absolute Gasteiger partial charge is 0.229 e. The molecule has 0 radical (unpaired) electrons. The van der Waals surface area contributed by atoms with Gasteiger partial charge in [0.25, 0.3) is 0 Å². The minimum Gasteiger partial charge on any atom is -0.487 e. The molecule has 136 valence electrons. The van der Waals surface area contributed by atoms with Gasteiger partial charge in [-0.05, 0) is 30.7 Å². The zero-order valence-corrected chi connectivity index (χ0v) is 15.2. The number of carbonyl (C=O) groups excluding carboxylic acids is 1. The van der Waals surface area contributed by atoms with Crippen molar-refractivity contribution < 1.29 is 17.9 Å². The maximum absolute atomic E-state index is 11.9. The number of nitrogens with one attached hydrogen (secondary N) is 3. The minimum absolute atomic E-state index is 0.110. The fourth-order valence-corrected chi connectivity index (χ4v) is 3.42. The van der Waals surface area contributed by atoms with Gasteiger partial charge in [-0.3, -0.25) is 9.52 Å². The number of ether oxygens (including phenoxy) is 1. The second-order valence-corrected chi connectivity index (χ2v) is 7.93. The lowest BCUT2D eigenvalue weighted by Crippen LogP contribution is -2.17. The third-order valence-electron chi connectivity index (χ3n) is 3.89. The van der Waals surface area contributed by atoms with Gasteiger partial charge < -0.3 is 15.5 Å².